The third-order valence-electron chi connectivity index (χ3n) is 4.11. The monoisotopic (exact) mass is 241 g/mol. The molecule has 1 N–H and O–H groups in total. The van der Waals surface area contributed by atoms with Crippen molar-refractivity contribution in [3.63, 3.8) is 0 Å². The standard InChI is InChI=1S/C14H31N3/c1-13(2)16(4)9-5-6-10-17-11-7-14(15-3)8-12-17/h13-15H,5-12H2,1-4H3. The van der Waals surface area contributed by atoms with Gasteiger partial charge in [-0.2, -0.15) is 0 Å². The van der Waals surface area contributed by atoms with Crippen LogP contribution in [-0.4, -0.2) is 62.2 Å². The fraction of sp³-hybridized carbons (Fsp3) is 1.00. The van der Waals surface area contributed by atoms with E-state index in [0.717, 1.165) is 6.04 Å². The van der Waals surface area contributed by atoms with Crippen LogP contribution in [0.15, 0.2) is 0 Å². The summed E-state index contributed by atoms with van der Waals surface area (Å²) in [5.74, 6) is 0. The second-order valence-electron chi connectivity index (χ2n) is 5.69. The van der Waals surface area contributed by atoms with Crippen molar-refractivity contribution in [3.05, 3.63) is 0 Å². The number of likely N-dealkylation sites (tertiary alicyclic amines) is 1. The van der Waals surface area contributed by atoms with Gasteiger partial charge >= 0.3 is 0 Å². The summed E-state index contributed by atoms with van der Waals surface area (Å²) >= 11 is 0. The van der Waals surface area contributed by atoms with Crippen molar-refractivity contribution in [2.24, 2.45) is 0 Å². The van der Waals surface area contributed by atoms with Crippen molar-refractivity contribution in [2.45, 2.75) is 51.6 Å². The van der Waals surface area contributed by atoms with Crippen LogP contribution in [0.1, 0.15) is 39.5 Å². The van der Waals surface area contributed by atoms with Crippen LogP contribution < -0.4 is 5.32 Å². The predicted molar refractivity (Wildman–Crippen MR) is 75.5 cm³/mol. The first kappa shape index (κ1) is 14.9. The molecule has 0 unspecified atom stereocenters. The number of nitrogens with one attached hydrogen (secondary N) is 1. The minimum absolute atomic E-state index is 0.682. The fourth-order valence-corrected chi connectivity index (χ4v) is 2.40. The Balaban J connectivity index is 2.00. The van der Waals surface area contributed by atoms with Crippen LogP contribution in [0.2, 0.25) is 0 Å². The Morgan fingerprint density at radius 2 is 1.88 bits per heavy atom. The van der Waals surface area contributed by atoms with E-state index in [1.807, 2.05) is 0 Å². The first-order chi connectivity index (χ1) is 8.13. The summed E-state index contributed by atoms with van der Waals surface area (Å²) in [6, 6.07) is 1.44. The Morgan fingerprint density at radius 1 is 1.24 bits per heavy atom. The molecule has 1 heterocycles. The van der Waals surface area contributed by atoms with E-state index in [1.165, 1.54) is 51.9 Å². The molecule has 1 aliphatic rings. The molecule has 0 aliphatic carbocycles. The van der Waals surface area contributed by atoms with Crippen LogP contribution in [0.4, 0.5) is 0 Å². The van der Waals surface area contributed by atoms with Gasteiger partial charge in [0.15, 0.2) is 0 Å². The summed E-state index contributed by atoms with van der Waals surface area (Å²) in [7, 11) is 4.31. The number of hydrogen-bond donors (Lipinski definition) is 1. The first-order valence-electron chi connectivity index (χ1n) is 7.23. The highest BCUT2D eigenvalue weighted by Crippen LogP contribution is 2.10. The number of nitrogens with zero attached hydrogens (tertiary/aromatic N) is 2. The minimum Gasteiger partial charge on any atom is -0.317 e. The Kier molecular flexibility index (Phi) is 7.09. The molecule has 0 aromatic heterocycles. The van der Waals surface area contributed by atoms with Crippen molar-refractivity contribution in [3.8, 4) is 0 Å². The van der Waals surface area contributed by atoms with Gasteiger partial charge in [0.05, 0.1) is 0 Å². The van der Waals surface area contributed by atoms with E-state index in [4.69, 9.17) is 0 Å². The van der Waals surface area contributed by atoms with E-state index in [9.17, 15) is 0 Å². The maximum Gasteiger partial charge on any atom is 0.00884 e. The van der Waals surface area contributed by atoms with Crippen molar-refractivity contribution >= 4 is 0 Å². The molecule has 1 rings (SSSR count). The van der Waals surface area contributed by atoms with E-state index in [-0.39, 0.29) is 0 Å². The van der Waals surface area contributed by atoms with E-state index in [1.54, 1.807) is 0 Å². The molecule has 0 amide bonds. The lowest BCUT2D eigenvalue weighted by Crippen LogP contribution is -2.41. The smallest absolute Gasteiger partial charge is 0.00884 e. The summed E-state index contributed by atoms with van der Waals surface area (Å²) in [5.41, 5.74) is 0. The average Bonchev–Trinajstić information content (AvgIpc) is 2.35. The predicted octanol–water partition coefficient (Wildman–Crippen LogP) is 1.79. The fourth-order valence-electron chi connectivity index (χ4n) is 2.40. The topological polar surface area (TPSA) is 18.5 Å². The second kappa shape index (κ2) is 8.06. The average molecular weight is 241 g/mol. The molecule has 1 fully saturated rings. The van der Waals surface area contributed by atoms with E-state index < -0.39 is 0 Å². The van der Waals surface area contributed by atoms with Gasteiger partial charge in [-0.3, -0.25) is 0 Å². The van der Waals surface area contributed by atoms with Crippen molar-refractivity contribution in [1.82, 2.24) is 15.1 Å². The van der Waals surface area contributed by atoms with Crippen molar-refractivity contribution < 1.29 is 0 Å². The Bertz CT molecular complexity index is 186. The van der Waals surface area contributed by atoms with Crippen LogP contribution in [0.5, 0.6) is 0 Å². The van der Waals surface area contributed by atoms with E-state index >= 15 is 0 Å². The summed E-state index contributed by atoms with van der Waals surface area (Å²) in [4.78, 5) is 5.07. The van der Waals surface area contributed by atoms with Crippen LogP contribution in [0.3, 0.4) is 0 Å². The normalized spacial score (nSPS) is 19.4. The zero-order valence-electron chi connectivity index (χ0n) is 12.2. The summed E-state index contributed by atoms with van der Waals surface area (Å²) in [6.07, 6.45) is 5.33. The molecule has 0 saturated carbocycles. The van der Waals surface area contributed by atoms with Gasteiger partial charge < -0.3 is 15.1 Å². The number of unbranched alkanes of at least 4 members (excludes halogenated alkanes) is 1. The van der Waals surface area contributed by atoms with Crippen LogP contribution in [-0.2, 0) is 0 Å². The van der Waals surface area contributed by atoms with Crippen molar-refractivity contribution in [2.75, 3.05) is 40.3 Å². The highest BCUT2D eigenvalue weighted by atomic mass is 15.1. The first-order valence-corrected chi connectivity index (χ1v) is 7.23. The van der Waals surface area contributed by atoms with Gasteiger partial charge in [0, 0.05) is 12.1 Å². The number of piperidine rings is 1. The number of rotatable bonds is 7. The summed E-state index contributed by atoms with van der Waals surface area (Å²) in [5, 5.41) is 3.39. The molecule has 3 nitrogen and oxygen atoms in total. The van der Waals surface area contributed by atoms with E-state index in [2.05, 4.69) is 43.1 Å². The summed E-state index contributed by atoms with van der Waals surface area (Å²) < 4.78 is 0. The molecule has 0 aromatic carbocycles. The lowest BCUT2D eigenvalue weighted by atomic mass is 10.1. The number of hydrogen-bond acceptors (Lipinski definition) is 3. The lowest BCUT2D eigenvalue weighted by molar-refractivity contribution is 0.192. The zero-order chi connectivity index (χ0) is 12.7. The quantitative estimate of drug-likeness (QED) is 0.686. The van der Waals surface area contributed by atoms with Gasteiger partial charge in [0.2, 0.25) is 0 Å². The third-order valence-corrected chi connectivity index (χ3v) is 4.11. The van der Waals surface area contributed by atoms with Gasteiger partial charge in [-0.25, -0.2) is 0 Å². The highest BCUT2D eigenvalue weighted by Gasteiger charge is 2.16. The third kappa shape index (κ3) is 5.84. The molecule has 3 heteroatoms. The molecule has 0 bridgehead atoms. The molecular formula is C14H31N3. The van der Waals surface area contributed by atoms with Gasteiger partial charge in [-0.1, -0.05) is 0 Å². The Labute approximate surface area is 108 Å². The molecule has 1 aliphatic heterocycles. The van der Waals surface area contributed by atoms with Gasteiger partial charge in [-0.15, -0.1) is 0 Å². The Hall–Kier alpha value is -0.120. The van der Waals surface area contributed by atoms with Crippen LogP contribution >= 0.6 is 0 Å². The SMILES string of the molecule is CNC1CCN(CCCCN(C)C(C)C)CC1. The van der Waals surface area contributed by atoms with Crippen LogP contribution in [0, 0.1) is 0 Å². The molecule has 102 valence electrons. The maximum absolute atomic E-state index is 3.39. The summed E-state index contributed by atoms with van der Waals surface area (Å²) in [6.45, 7) is 9.63. The molecule has 0 aromatic rings. The molecule has 0 radical (unpaired) electrons. The minimum atomic E-state index is 0.682. The zero-order valence-corrected chi connectivity index (χ0v) is 12.2. The maximum atomic E-state index is 3.39. The second-order valence-corrected chi connectivity index (χ2v) is 5.69. The van der Waals surface area contributed by atoms with Crippen LogP contribution in [0.25, 0.3) is 0 Å². The molecular weight excluding hydrogens is 210 g/mol. The molecule has 1 saturated heterocycles. The largest absolute Gasteiger partial charge is 0.317 e. The highest BCUT2D eigenvalue weighted by molar-refractivity contribution is 4.75. The van der Waals surface area contributed by atoms with E-state index in [0.29, 0.717) is 6.04 Å². The Morgan fingerprint density at radius 3 is 2.41 bits per heavy atom. The molecule has 17 heavy (non-hydrogen) atoms. The lowest BCUT2D eigenvalue weighted by Gasteiger charge is -2.31. The van der Waals surface area contributed by atoms with Gasteiger partial charge in [-0.05, 0) is 79.8 Å². The van der Waals surface area contributed by atoms with Gasteiger partial charge in [0.25, 0.3) is 0 Å². The van der Waals surface area contributed by atoms with Gasteiger partial charge in [0.1, 0.15) is 0 Å². The molecule has 0 spiro atoms. The van der Waals surface area contributed by atoms with Crippen molar-refractivity contribution in [1.29, 1.82) is 0 Å². The molecule has 0 atom stereocenters.